The molecule has 0 radical (unpaired) electrons. The van der Waals surface area contributed by atoms with Gasteiger partial charge < -0.3 is 10.6 Å². The molecule has 0 bridgehead atoms. The van der Waals surface area contributed by atoms with Gasteiger partial charge >= 0.3 is 0 Å². The normalized spacial score (nSPS) is 23.6. The summed E-state index contributed by atoms with van der Waals surface area (Å²) in [5.74, 6) is 0.135. The Hall–Kier alpha value is -1.39. The fraction of sp³-hybridized carbons (Fsp3) is 0.588. The second-order valence-corrected chi connectivity index (χ2v) is 6.24. The van der Waals surface area contributed by atoms with Gasteiger partial charge in [0.1, 0.15) is 0 Å². The molecule has 1 saturated heterocycles. The van der Waals surface area contributed by atoms with Gasteiger partial charge in [-0.3, -0.25) is 9.69 Å². The Labute approximate surface area is 126 Å². The summed E-state index contributed by atoms with van der Waals surface area (Å²) in [5, 5.41) is 6.46. The monoisotopic (exact) mass is 287 g/mol. The number of hydrogen-bond donors (Lipinski definition) is 2. The quantitative estimate of drug-likeness (QED) is 0.877. The maximum atomic E-state index is 12.3. The van der Waals surface area contributed by atoms with Gasteiger partial charge in [-0.15, -0.1) is 0 Å². The molecule has 0 saturated carbocycles. The average molecular weight is 287 g/mol. The fourth-order valence-electron chi connectivity index (χ4n) is 3.32. The molecule has 1 amide bonds. The first-order valence-electron chi connectivity index (χ1n) is 8.06. The van der Waals surface area contributed by atoms with E-state index in [-0.39, 0.29) is 11.9 Å². The second kappa shape index (κ2) is 6.58. The van der Waals surface area contributed by atoms with Crippen LogP contribution in [0.5, 0.6) is 0 Å². The van der Waals surface area contributed by atoms with E-state index in [0.29, 0.717) is 6.04 Å². The molecule has 0 aromatic heterocycles. The van der Waals surface area contributed by atoms with Crippen LogP contribution < -0.4 is 10.6 Å². The highest BCUT2D eigenvalue weighted by Gasteiger charge is 2.25. The summed E-state index contributed by atoms with van der Waals surface area (Å²) in [7, 11) is 0. The number of rotatable bonds is 4. The molecule has 3 rings (SSSR count). The first kappa shape index (κ1) is 14.5. The van der Waals surface area contributed by atoms with Crippen molar-refractivity contribution in [3.8, 4) is 0 Å². The Balaban J connectivity index is 1.50. The zero-order valence-corrected chi connectivity index (χ0v) is 12.8. The van der Waals surface area contributed by atoms with Crippen LogP contribution in [0.15, 0.2) is 24.3 Å². The van der Waals surface area contributed by atoms with E-state index in [9.17, 15) is 4.79 Å². The van der Waals surface area contributed by atoms with Crippen LogP contribution in [0.3, 0.4) is 0 Å². The Morgan fingerprint density at radius 1 is 1.33 bits per heavy atom. The van der Waals surface area contributed by atoms with E-state index in [2.05, 4.69) is 46.7 Å². The van der Waals surface area contributed by atoms with Gasteiger partial charge in [-0.1, -0.05) is 24.3 Å². The highest BCUT2D eigenvalue weighted by molar-refractivity contribution is 5.82. The number of carbonyl (C=O) groups excluding carboxylic acids is 1. The topological polar surface area (TPSA) is 44.4 Å². The third kappa shape index (κ3) is 3.44. The first-order chi connectivity index (χ1) is 10.2. The number of fused-ring (bicyclic) bond motifs is 1. The van der Waals surface area contributed by atoms with Crippen LogP contribution in [0.1, 0.15) is 30.9 Å². The van der Waals surface area contributed by atoms with E-state index in [1.54, 1.807) is 0 Å². The lowest BCUT2D eigenvalue weighted by molar-refractivity contribution is -0.123. The highest BCUT2D eigenvalue weighted by atomic mass is 16.2. The molecule has 2 atom stereocenters. The van der Waals surface area contributed by atoms with Gasteiger partial charge in [0.2, 0.25) is 5.91 Å². The molecule has 2 N–H and O–H groups in total. The Morgan fingerprint density at radius 3 is 2.81 bits per heavy atom. The minimum absolute atomic E-state index is 0.0920. The summed E-state index contributed by atoms with van der Waals surface area (Å²) in [5.41, 5.74) is 2.61. The molecular weight excluding hydrogens is 262 g/mol. The Kier molecular flexibility index (Phi) is 4.56. The molecule has 21 heavy (non-hydrogen) atoms. The van der Waals surface area contributed by atoms with E-state index in [4.69, 9.17) is 0 Å². The van der Waals surface area contributed by atoms with Gasteiger partial charge in [0.05, 0.1) is 6.04 Å². The van der Waals surface area contributed by atoms with E-state index in [0.717, 1.165) is 19.5 Å². The third-order valence-corrected chi connectivity index (χ3v) is 4.73. The van der Waals surface area contributed by atoms with Crippen LogP contribution >= 0.6 is 0 Å². The molecule has 1 fully saturated rings. The molecule has 4 nitrogen and oxygen atoms in total. The standard InChI is InChI=1S/C17H25N3O/c1-13(20-8-4-5-9-20)11-19-17(21)16-10-14-6-2-3-7-15(14)12-18-16/h2-3,6-7,13,16,18H,4-5,8-12H2,1H3,(H,19,21)/t13?,16-/m0/s1. The Bertz CT molecular complexity index is 497. The van der Waals surface area contributed by atoms with Crippen molar-refractivity contribution in [1.29, 1.82) is 0 Å². The van der Waals surface area contributed by atoms with Crippen LogP contribution in [0.2, 0.25) is 0 Å². The van der Waals surface area contributed by atoms with E-state index in [1.807, 2.05) is 0 Å². The molecule has 0 spiro atoms. The lowest BCUT2D eigenvalue weighted by atomic mass is 9.95. The number of hydrogen-bond acceptors (Lipinski definition) is 3. The number of likely N-dealkylation sites (tertiary alicyclic amines) is 1. The van der Waals surface area contributed by atoms with E-state index >= 15 is 0 Å². The number of nitrogens with one attached hydrogen (secondary N) is 2. The second-order valence-electron chi connectivity index (χ2n) is 6.24. The van der Waals surface area contributed by atoms with Gasteiger partial charge in [0.15, 0.2) is 0 Å². The predicted molar refractivity (Wildman–Crippen MR) is 84.1 cm³/mol. The van der Waals surface area contributed by atoms with Crippen molar-refractivity contribution in [1.82, 2.24) is 15.5 Å². The van der Waals surface area contributed by atoms with Crippen molar-refractivity contribution in [3.05, 3.63) is 35.4 Å². The minimum atomic E-state index is -0.0920. The molecule has 2 aliphatic heterocycles. The average Bonchev–Trinajstić information content (AvgIpc) is 3.06. The van der Waals surface area contributed by atoms with Crippen molar-refractivity contribution < 1.29 is 4.79 Å². The zero-order valence-electron chi connectivity index (χ0n) is 12.8. The summed E-state index contributed by atoms with van der Waals surface area (Å²) in [6.45, 7) is 6.09. The van der Waals surface area contributed by atoms with Crippen LogP contribution in [-0.4, -0.2) is 42.5 Å². The van der Waals surface area contributed by atoms with Crippen molar-refractivity contribution >= 4 is 5.91 Å². The Morgan fingerprint density at radius 2 is 2.05 bits per heavy atom. The maximum Gasteiger partial charge on any atom is 0.237 e. The van der Waals surface area contributed by atoms with Gasteiger partial charge in [0.25, 0.3) is 0 Å². The summed E-state index contributed by atoms with van der Waals surface area (Å²) in [6, 6.07) is 8.71. The summed E-state index contributed by atoms with van der Waals surface area (Å²) in [6.07, 6.45) is 3.37. The van der Waals surface area contributed by atoms with Crippen molar-refractivity contribution in [3.63, 3.8) is 0 Å². The molecule has 0 aliphatic carbocycles. The SMILES string of the molecule is CC(CNC(=O)[C@@H]1Cc2ccccc2CN1)N1CCCC1. The molecule has 1 aromatic rings. The first-order valence-corrected chi connectivity index (χ1v) is 8.06. The number of benzene rings is 1. The van der Waals surface area contributed by atoms with Crippen molar-refractivity contribution in [2.24, 2.45) is 0 Å². The zero-order chi connectivity index (χ0) is 14.7. The van der Waals surface area contributed by atoms with Gasteiger partial charge in [-0.25, -0.2) is 0 Å². The van der Waals surface area contributed by atoms with E-state index in [1.165, 1.54) is 37.1 Å². The minimum Gasteiger partial charge on any atom is -0.353 e. The molecule has 2 heterocycles. The van der Waals surface area contributed by atoms with E-state index < -0.39 is 0 Å². The molecule has 1 aromatic carbocycles. The van der Waals surface area contributed by atoms with Crippen LogP contribution in [0, 0.1) is 0 Å². The molecule has 4 heteroatoms. The fourth-order valence-corrected chi connectivity index (χ4v) is 3.32. The molecular formula is C17H25N3O. The third-order valence-electron chi connectivity index (χ3n) is 4.73. The summed E-state index contributed by atoms with van der Waals surface area (Å²) < 4.78 is 0. The lowest BCUT2D eigenvalue weighted by Gasteiger charge is -2.28. The summed E-state index contributed by atoms with van der Waals surface area (Å²) >= 11 is 0. The largest absolute Gasteiger partial charge is 0.353 e. The van der Waals surface area contributed by atoms with Gasteiger partial charge in [-0.05, 0) is 50.4 Å². The van der Waals surface area contributed by atoms with Crippen LogP contribution in [-0.2, 0) is 17.8 Å². The highest BCUT2D eigenvalue weighted by Crippen LogP contribution is 2.16. The van der Waals surface area contributed by atoms with Crippen molar-refractivity contribution in [2.45, 2.75) is 44.8 Å². The number of carbonyl (C=O) groups is 1. The van der Waals surface area contributed by atoms with Crippen LogP contribution in [0.4, 0.5) is 0 Å². The number of nitrogens with zero attached hydrogens (tertiary/aromatic N) is 1. The predicted octanol–water partition coefficient (Wildman–Crippen LogP) is 1.30. The smallest absolute Gasteiger partial charge is 0.237 e. The molecule has 114 valence electrons. The lowest BCUT2D eigenvalue weighted by Crippen LogP contribution is -2.50. The van der Waals surface area contributed by atoms with Gasteiger partial charge in [0, 0.05) is 19.1 Å². The van der Waals surface area contributed by atoms with Crippen molar-refractivity contribution in [2.75, 3.05) is 19.6 Å². The number of amides is 1. The van der Waals surface area contributed by atoms with Gasteiger partial charge in [-0.2, -0.15) is 0 Å². The molecule has 2 aliphatic rings. The van der Waals surface area contributed by atoms with Crippen LogP contribution in [0.25, 0.3) is 0 Å². The maximum absolute atomic E-state index is 12.3. The summed E-state index contributed by atoms with van der Waals surface area (Å²) in [4.78, 5) is 14.8. The molecule has 1 unspecified atom stereocenters.